The maximum Gasteiger partial charge on any atom is 0.338 e. The molecule has 0 saturated carbocycles. The van der Waals surface area contributed by atoms with Gasteiger partial charge >= 0.3 is 5.97 Å². The molecule has 2 heterocycles. The van der Waals surface area contributed by atoms with Gasteiger partial charge in [0.05, 0.1) is 41.7 Å². The predicted molar refractivity (Wildman–Crippen MR) is 143 cm³/mol. The third-order valence-electron chi connectivity index (χ3n) is 5.53. The highest BCUT2D eigenvalue weighted by Gasteiger charge is 2.34. The molecule has 2 aromatic carbocycles. The number of allylic oxidation sites excluding steroid dienone is 1. The van der Waals surface area contributed by atoms with Gasteiger partial charge in [-0.2, -0.15) is 0 Å². The van der Waals surface area contributed by atoms with Gasteiger partial charge in [-0.25, -0.2) is 9.79 Å². The van der Waals surface area contributed by atoms with Crippen molar-refractivity contribution in [3.8, 4) is 11.5 Å². The van der Waals surface area contributed by atoms with E-state index in [0.29, 0.717) is 37.7 Å². The summed E-state index contributed by atoms with van der Waals surface area (Å²) in [7, 11) is 1.56. The number of thiazole rings is 1. The number of carbonyl (C=O) groups excluding carboxylic acids is 1. The second kappa shape index (κ2) is 10.8. The van der Waals surface area contributed by atoms with Crippen LogP contribution in [0, 0.1) is 0 Å². The van der Waals surface area contributed by atoms with Crippen LogP contribution in [0.5, 0.6) is 11.5 Å². The lowest BCUT2D eigenvalue weighted by atomic mass is 9.95. The fourth-order valence-corrected chi connectivity index (χ4v) is 5.52. The molecule has 7 nitrogen and oxygen atoms in total. The van der Waals surface area contributed by atoms with Gasteiger partial charge in [-0.3, -0.25) is 9.36 Å². The van der Waals surface area contributed by atoms with Crippen LogP contribution in [0.15, 0.2) is 68.0 Å². The molecule has 0 N–H and O–H groups in total. The number of nitrogens with zero attached hydrogens (tertiary/aromatic N) is 2. The second-order valence-corrected chi connectivity index (χ2v) is 10.4. The van der Waals surface area contributed by atoms with Crippen molar-refractivity contribution in [3.63, 3.8) is 0 Å². The van der Waals surface area contributed by atoms with Gasteiger partial charge < -0.3 is 14.2 Å². The van der Waals surface area contributed by atoms with Gasteiger partial charge in [0, 0.05) is 4.47 Å². The summed E-state index contributed by atoms with van der Waals surface area (Å²) in [6.07, 6.45) is 1.78. The van der Waals surface area contributed by atoms with E-state index < -0.39 is 12.0 Å². The Bertz CT molecular complexity index is 1520. The second-order valence-electron chi connectivity index (χ2n) is 8.43. The first-order chi connectivity index (χ1) is 17.2. The van der Waals surface area contributed by atoms with Crippen LogP contribution in [-0.4, -0.2) is 30.4 Å². The van der Waals surface area contributed by atoms with Crippen molar-refractivity contribution >= 4 is 39.3 Å². The van der Waals surface area contributed by atoms with E-state index in [4.69, 9.17) is 14.2 Å². The number of carbonyl (C=O) groups is 1. The van der Waals surface area contributed by atoms with Crippen LogP contribution in [0.25, 0.3) is 6.08 Å². The van der Waals surface area contributed by atoms with Gasteiger partial charge in [-0.1, -0.05) is 45.5 Å². The van der Waals surface area contributed by atoms with Gasteiger partial charge in [0.1, 0.15) is 0 Å². The molecule has 0 bridgehead atoms. The summed E-state index contributed by atoms with van der Waals surface area (Å²) >= 11 is 4.76. The third kappa shape index (κ3) is 5.17. The molecule has 0 spiro atoms. The Morgan fingerprint density at radius 1 is 1.22 bits per heavy atom. The van der Waals surface area contributed by atoms with Crippen molar-refractivity contribution in [2.24, 2.45) is 4.99 Å². The Morgan fingerprint density at radius 3 is 2.67 bits per heavy atom. The summed E-state index contributed by atoms with van der Waals surface area (Å²) in [6, 6.07) is 12.4. The number of halogens is 1. The summed E-state index contributed by atoms with van der Waals surface area (Å²) < 4.78 is 19.8. The third-order valence-corrected chi connectivity index (χ3v) is 7.01. The average molecular weight is 571 g/mol. The van der Waals surface area contributed by atoms with Crippen LogP contribution in [0.3, 0.4) is 0 Å². The van der Waals surface area contributed by atoms with Crippen molar-refractivity contribution < 1.29 is 19.0 Å². The Balaban J connectivity index is 1.95. The van der Waals surface area contributed by atoms with Gasteiger partial charge in [0.2, 0.25) is 0 Å². The number of hydrogen-bond acceptors (Lipinski definition) is 7. The molecule has 0 unspecified atom stereocenters. The molecule has 1 atom stereocenters. The fraction of sp³-hybridized carbons (Fsp3) is 0.296. The smallest absolute Gasteiger partial charge is 0.338 e. The van der Waals surface area contributed by atoms with E-state index in [2.05, 4.69) is 20.9 Å². The largest absolute Gasteiger partial charge is 0.493 e. The Hall–Kier alpha value is -3.17. The minimum Gasteiger partial charge on any atom is -0.493 e. The molecule has 36 heavy (non-hydrogen) atoms. The number of hydrogen-bond donors (Lipinski definition) is 0. The molecule has 1 aliphatic rings. The fourth-order valence-electron chi connectivity index (χ4n) is 4.06. The van der Waals surface area contributed by atoms with Crippen LogP contribution < -0.4 is 24.4 Å². The highest BCUT2D eigenvalue weighted by Crippen LogP contribution is 2.36. The van der Waals surface area contributed by atoms with E-state index >= 15 is 0 Å². The molecular weight excluding hydrogens is 544 g/mol. The first kappa shape index (κ1) is 25.9. The number of rotatable bonds is 7. The molecule has 0 radical (unpaired) electrons. The zero-order valence-corrected chi connectivity index (χ0v) is 23.1. The molecule has 3 aromatic rings. The lowest BCUT2D eigenvalue weighted by molar-refractivity contribution is -0.139. The monoisotopic (exact) mass is 570 g/mol. The maximum absolute atomic E-state index is 13.7. The molecule has 4 rings (SSSR count). The summed E-state index contributed by atoms with van der Waals surface area (Å²) in [6.45, 7) is 7.58. The highest BCUT2D eigenvalue weighted by atomic mass is 79.9. The number of methoxy groups -OCH3 is 1. The number of aromatic nitrogens is 1. The van der Waals surface area contributed by atoms with Gasteiger partial charge in [0.15, 0.2) is 16.3 Å². The van der Waals surface area contributed by atoms with Crippen LogP contribution in [0.1, 0.15) is 44.9 Å². The number of esters is 1. The lowest BCUT2D eigenvalue weighted by Gasteiger charge is -2.25. The summed E-state index contributed by atoms with van der Waals surface area (Å²) in [4.78, 5) is 32.0. The van der Waals surface area contributed by atoms with Gasteiger partial charge in [-0.05, 0) is 69.2 Å². The van der Waals surface area contributed by atoms with Crippen LogP contribution >= 0.6 is 27.3 Å². The van der Waals surface area contributed by atoms with Crippen molar-refractivity contribution in [1.82, 2.24) is 4.57 Å². The summed E-state index contributed by atoms with van der Waals surface area (Å²) in [5.41, 5.74) is 2.16. The lowest BCUT2D eigenvalue weighted by Crippen LogP contribution is -2.40. The molecule has 0 amide bonds. The molecule has 9 heteroatoms. The molecule has 0 saturated heterocycles. The normalized spacial score (nSPS) is 15.5. The minimum absolute atomic E-state index is 0.0438. The topological polar surface area (TPSA) is 79.1 Å². The molecule has 1 aliphatic heterocycles. The van der Waals surface area contributed by atoms with Crippen molar-refractivity contribution in [3.05, 3.63) is 89.0 Å². The van der Waals surface area contributed by atoms with E-state index in [1.54, 1.807) is 37.7 Å². The number of benzene rings is 2. The molecule has 1 aromatic heterocycles. The Kier molecular flexibility index (Phi) is 7.80. The van der Waals surface area contributed by atoms with E-state index in [0.717, 1.165) is 10.0 Å². The average Bonchev–Trinajstić information content (AvgIpc) is 3.12. The Labute approximate surface area is 221 Å². The predicted octanol–water partition coefficient (Wildman–Crippen LogP) is 4.36. The zero-order chi connectivity index (χ0) is 26.0. The van der Waals surface area contributed by atoms with Crippen molar-refractivity contribution in [1.29, 1.82) is 0 Å². The molecule has 0 aliphatic carbocycles. The van der Waals surface area contributed by atoms with E-state index in [1.807, 2.05) is 50.3 Å². The SMILES string of the molecule is CCOC(=O)C1=C(C)N=c2s/c(=C\c3cccc(Br)c3)c(=O)n2[C@H]1c1ccc(OC(C)C)c(OC)c1. The number of fused-ring (bicyclic) bond motifs is 1. The van der Waals surface area contributed by atoms with Crippen LogP contribution in [0.2, 0.25) is 0 Å². The van der Waals surface area contributed by atoms with E-state index in [1.165, 1.54) is 11.3 Å². The Morgan fingerprint density at radius 2 is 2.00 bits per heavy atom. The summed E-state index contributed by atoms with van der Waals surface area (Å²) in [5.74, 6) is 0.582. The van der Waals surface area contributed by atoms with E-state index in [9.17, 15) is 9.59 Å². The standard InChI is InChI=1S/C27H27BrN2O5S/c1-6-34-26(32)23-16(4)29-27-30(25(31)22(36-27)13-17-8-7-9-19(28)12-17)24(23)18-10-11-20(35-15(2)3)21(14-18)33-5/h7-15,24H,6H2,1-5H3/b22-13-/t24-/m0/s1. The first-order valence-electron chi connectivity index (χ1n) is 11.5. The zero-order valence-electron chi connectivity index (χ0n) is 20.7. The number of ether oxygens (including phenoxy) is 3. The molecular formula is C27H27BrN2O5S. The van der Waals surface area contributed by atoms with Crippen LogP contribution in [0.4, 0.5) is 0 Å². The maximum atomic E-state index is 13.7. The molecule has 188 valence electrons. The van der Waals surface area contributed by atoms with Crippen LogP contribution in [-0.2, 0) is 9.53 Å². The summed E-state index contributed by atoms with van der Waals surface area (Å²) in [5, 5.41) is 0. The van der Waals surface area contributed by atoms with Crippen molar-refractivity contribution in [2.45, 2.75) is 39.8 Å². The van der Waals surface area contributed by atoms with Crippen molar-refractivity contribution in [2.75, 3.05) is 13.7 Å². The molecule has 0 fully saturated rings. The van der Waals surface area contributed by atoms with Gasteiger partial charge in [-0.15, -0.1) is 0 Å². The first-order valence-corrected chi connectivity index (χ1v) is 13.1. The van der Waals surface area contributed by atoms with Gasteiger partial charge in [0.25, 0.3) is 5.56 Å². The highest BCUT2D eigenvalue weighted by molar-refractivity contribution is 9.10. The van der Waals surface area contributed by atoms with E-state index in [-0.39, 0.29) is 18.3 Å². The quantitative estimate of drug-likeness (QED) is 0.394. The minimum atomic E-state index is -0.730.